The van der Waals surface area contributed by atoms with Gasteiger partial charge in [-0.15, -0.1) is 0 Å². The van der Waals surface area contributed by atoms with Gasteiger partial charge < -0.3 is 11.1 Å². The molecule has 0 atom stereocenters. The molecule has 4 heteroatoms. The minimum Gasteiger partial charge on any atom is -0.388 e. The third-order valence-corrected chi connectivity index (χ3v) is 4.74. The normalized spacial score (nSPS) is 10.6. The quantitative estimate of drug-likeness (QED) is 0.296. The zero-order valence-electron chi connectivity index (χ0n) is 14.5. The summed E-state index contributed by atoms with van der Waals surface area (Å²) < 4.78 is 0. The van der Waals surface area contributed by atoms with Crippen molar-refractivity contribution in [1.29, 1.82) is 0 Å². The summed E-state index contributed by atoms with van der Waals surface area (Å²) in [7, 11) is 0. The molecule has 2 nitrogen and oxygen atoms in total. The van der Waals surface area contributed by atoms with Crippen molar-refractivity contribution in [3.8, 4) is 0 Å². The molecular formula is C18H36N2S2. The Morgan fingerprint density at radius 3 is 1.41 bits per heavy atom. The van der Waals surface area contributed by atoms with Crippen molar-refractivity contribution in [2.24, 2.45) is 5.73 Å². The van der Waals surface area contributed by atoms with E-state index < -0.39 is 0 Å². The van der Waals surface area contributed by atoms with Crippen LogP contribution in [-0.4, -0.2) is 16.5 Å². The van der Waals surface area contributed by atoms with Crippen molar-refractivity contribution < 1.29 is 0 Å². The van der Waals surface area contributed by atoms with Crippen LogP contribution in [0, 0.1) is 0 Å². The van der Waals surface area contributed by atoms with Gasteiger partial charge in [-0.25, -0.2) is 0 Å². The zero-order valence-corrected chi connectivity index (χ0v) is 16.1. The third kappa shape index (κ3) is 16.2. The number of thiocarbonyl (C=S) groups is 2. The van der Waals surface area contributed by atoms with Crippen LogP contribution in [0.25, 0.3) is 0 Å². The summed E-state index contributed by atoms with van der Waals surface area (Å²) in [4.78, 5) is 0.838. The summed E-state index contributed by atoms with van der Waals surface area (Å²) in [5.41, 5.74) is 5.42. The highest BCUT2D eigenvalue weighted by atomic mass is 32.1. The Hall–Kier alpha value is -0.220. The lowest BCUT2D eigenvalue weighted by Gasteiger charge is -2.06. The fraction of sp³-hybridized carbons (Fsp3) is 0.889. The molecule has 0 spiro atoms. The molecule has 0 unspecified atom stereocenters. The maximum absolute atomic E-state index is 5.42. The predicted molar refractivity (Wildman–Crippen MR) is 108 cm³/mol. The van der Waals surface area contributed by atoms with Crippen molar-refractivity contribution in [3.63, 3.8) is 0 Å². The summed E-state index contributed by atoms with van der Waals surface area (Å²) >= 11 is 9.80. The van der Waals surface area contributed by atoms with Crippen molar-refractivity contribution in [3.05, 3.63) is 0 Å². The molecule has 0 aliphatic heterocycles. The van der Waals surface area contributed by atoms with E-state index in [1.165, 1.54) is 83.5 Å². The van der Waals surface area contributed by atoms with Crippen LogP contribution in [0.1, 0.15) is 96.8 Å². The van der Waals surface area contributed by atoms with E-state index in [1.807, 2.05) is 0 Å². The second kappa shape index (κ2) is 17.1. The highest BCUT2D eigenvalue weighted by Crippen LogP contribution is 2.12. The maximum atomic E-state index is 5.42. The fourth-order valence-corrected chi connectivity index (χ4v) is 2.78. The zero-order chi connectivity index (χ0) is 16.5. The van der Waals surface area contributed by atoms with Gasteiger partial charge in [0, 0.05) is 6.54 Å². The van der Waals surface area contributed by atoms with Gasteiger partial charge >= 0.3 is 0 Å². The summed E-state index contributed by atoms with van der Waals surface area (Å²) in [6.45, 7) is 3.18. The first-order valence-electron chi connectivity index (χ1n) is 9.26. The third-order valence-electron chi connectivity index (χ3n) is 4.04. The molecule has 0 aromatic carbocycles. The Morgan fingerprint density at radius 1 is 0.682 bits per heavy atom. The van der Waals surface area contributed by atoms with E-state index in [4.69, 9.17) is 30.2 Å². The SMILES string of the molecule is CCCCCCCCCCCCCCCCNC(=S)C(N)=S. The van der Waals surface area contributed by atoms with Crippen LogP contribution < -0.4 is 11.1 Å². The van der Waals surface area contributed by atoms with Gasteiger partial charge in [-0.05, 0) is 6.42 Å². The minimum absolute atomic E-state index is 0.306. The molecule has 0 aromatic rings. The number of hydrogen-bond donors (Lipinski definition) is 2. The number of unbranched alkanes of at least 4 members (excludes halogenated alkanes) is 13. The van der Waals surface area contributed by atoms with Crippen LogP contribution in [0.4, 0.5) is 0 Å². The molecule has 0 bridgehead atoms. The standard InChI is InChI=1S/C18H36N2S2/c1-2-3-4-5-6-7-8-9-10-11-12-13-14-15-16-20-18(22)17(19)21/h2-16H2,1H3,(H2,19,21)(H,20,22). The Morgan fingerprint density at radius 2 is 1.05 bits per heavy atom. The molecular weight excluding hydrogens is 308 g/mol. The molecule has 0 amide bonds. The van der Waals surface area contributed by atoms with Crippen molar-refractivity contribution in [2.45, 2.75) is 96.8 Å². The van der Waals surface area contributed by atoms with Crippen LogP contribution in [0.2, 0.25) is 0 Å². The largest absolute Gasteiger partial charge is 0.388 e. The molecule has 3 N–H and O–H groups in total. The van der Waals surface area contributed by atoms with Gasteiger partial charge in [0.2, 0.25) is 0 Å². The molecule has 0 fully saturated rings. The van der Waals surface area contributed by atoms with Gasteiger partial charge in [0.15, 0.2) is 0 Å². The van der Waals surface area contributed by atoms with Gasteiger partial charge in [-0.1, -0.05) is 115 Å². The number of nitrogens with two attached hydrogens (primary N) is 1. The number of rotatable bonds is 15. The predicted octanol–water partition coefficient (Wildman–Crippen LogP) is 5.67. The lowest BCUT2D eigenvalue weighted by Crippen LogP contribution is -2.33. The first kappa shape index (κ1) is 21.8. The first-order valence-corrected chi connectivity index (χ1v) is 10.1. The van der Waals surface area contributed by atoms with E-state index in [-0.39, 0.29) is 0 Å². The Kier molecular flexibility index (Phi) is 17.0. The highest BCUT2D eigenvalue weighted by Gasteiger charge is 1.98. The molecule has 130 valence electrons. The smallest absolute Gasteiger partial charge is 0.133 e. The topological polar surface area (TPSA) is 38.0 Å². The van der Waals surface area contributed by atoms with Gasteiger partial charge in [-0.3, -0.25) is 0 Å². The minimum atomic E-state index is 0.306. The molecule has 22 heavy (non-hydrogen) atoms. The Labute approximate surface area is 149 Å². The molecule has 0 radical (unpaired) electrons. The average Bonchev–Trinajstić information content (AvgIpc) is 2.50. The molecule has 0 aromatic heterocycles. The highest BCUT2D eigenvalue weighted by molar-refractivity contribution is 7.89. The van der Waals surface area contributed by atoms with E-state index >= 15 is 0 Å². The van der Waals surface area contributed by atoms with Gasteiger partial charge in [0.05, 0.1) is 0 Å². The molecule has 0 saturated heterocycles. The van der Waals surface area contributed by atoms with Gasteiger partial charge in [-0.2, -0.15) is 0 Å². The fourth-order valence-electron chi connectivity index (χ4n) is 2.61. The number of hydrogen-bond acceptors (Lipinski definition) is 2. The van der Waals surface area contributed by atoms with Crippen LogP contribution in [-0.2, 0) is 0 Å². The van der Waals surface area contributed by atoms with E-state index in [1.54, 1.807) is 0 Å². The van der Waals surface area contributed by atoms with Crippen LogP contribution in [0.3, 0.4) is 0 Å². The summed E-state index contributed by atoms with van der Waals surface area (Å²) in [6.07, 6.45) is 19.3. The molecule has 0 rings (SSSR count). The Balaban J connectivity index is 3.05. The summed E-state index contributed by atoms with van der Waals surface area (Å²) in [5, 5.41) is 3.09. The van der Waals surface area contributed by atoms with Crippen LogP contribution in [0.5, 0.6) is 0 Å². The second-order valence-corrected chi connectivity index (χ2v) is 7.06. The van der Waals surface area contributed by atoms with E-state index in [2.05, 4.69) is 12.2 Å². The number of nitrogens with one attached hydrogen (secondary N) is 1. The lowest BCUT2D eigenvalue weighted by molar-refractivity contribution is 0.535. The van der Waals surface area contributed by atoms with E-state index in [0.29, 0.717) is 9.98 Å². The van der Waals surface area contributed by atoms with Crippen LogP contribution in [0.15, 0.2) is 0 Å². The van der Waals surface area contributed by atoms with E-state index in [9.17, 15) is 0 Å². The maximum Gasteiger partial charge on any atom is 0.133 e. The first-order chi connectivity index (χ1) is 10.7. The summed E-state index contributed by atoms with van der Waals surface area (Å²) in [5.74, 6) is 0. The van der Waals surface area contributed by atoms with Gasteiger partial charge in [0.1, 0.15) is 9.98 Å². The van der Waals surface area contributed by atoms with Crippen molar-refractivity contribution in [2.75, 3.05) is 6.54 Å². The molecule has 0 aliphatic rings. The van der Waals surface area contributed by atoms with Crippen LogP contribution >= 0.6 is 24.4 Å². The molecule has 0 saturated carbocycles. The second-order valence-electron chi connectivity index (χ2n) is 6.22. The monoisotopic (exact) mass is 344 g/mol. The lowest BCUT2D eigenvalue weighted by atomic mass is 10.0. The molecule has 0 aliphatic carbocycles. The van der Waals surface area contributed by atoms with Gasteiger partial charge in [0.25, 0.3) is 0 Å². The van der Waals surface area contributed by atoms with E-state index in [0.717, 1.165) is 13.0 Å². The van der Waals surface area contributed by atoms with Crippen molar-refractivity contribution in [1.82, 2.24) is 5.32 Å². The molecule has 0 heterocycles. The Bertz CT molecular complexity index is 280. The van der Waals surface area contributed by atoms with Crippen molar-refractivity contribution >= 4 is 34.4 Å². The summed E-state index contributed by atoms with van der Waals surface area (Å²) in [6, 6.07) is 0. The average molecular weight is 345 g/mol.